The van der Waals surface area contributed by atoms with Gasteiger partial charge < -0.3 is 0 Å². The first-order valence-electron chi connectivity index (χ1n) is 5.58. The summed E-state index contributed by atoms with van der Waals surface area (Å²) in [7, 11) is 0. The van der Waals surface area contributed by atoms with Crippen molar-refractivity contribution in [2.24, 2.45) is 11.0 Å². The second kappa shape index (κ2) is 6.55. The lowest BCUT2D eigenvalue weighted by atomic mass is 10.1. The van der Waals surface area contributed by atoms with Gasteiger partial charge in [0.2, 0.25) is 5.91 Å². The minimum absolute atomic E-state index is 0.0469. The van der Waals surface area contributed by atoms with E-state index in [0.717, 1.165) is 15.7 Å². The van der Waals surface area contributed by atoms with Gasteiger partial charge in [0, 0.05) is 10.9 Å². The highest BCUT2D eigenvalue weighted by Gasteiger charge is 2.04. The predicted molar refractivity (Wildman–Crippen MR) is 74.0 cm³/mol. The Hall–Kier alpha value is -1.16. The molecule has 0 atom stereocenters. The summed E-state index contributed by atoms with van der Waals surface area (Å²) in [4.78, 5) is 11.4. The monoisotopic (exact) mass is 296 g/mol. The largest absolute Gasteiger partial charge is 0.273 e. The zero-order chi connectivity index (χ0) is 12.8. The van der Waals surface area contributed by atoms with Crippen molar-refractivity contribution in [2.45, 2.75) is 27.2 Å². The highest BCUT2D eigenvalue weighted by molar-refractivity contribution is 9.10. The normalized spacial score (nSPS) is 11.7. The first-order chi connectivity index (χ1) is 7.99. The van der Waals surface area contributed by atoms with Crippen molar-refractivity contribution in [1.82, 2.24) is 5.43 Å². The third kappa shape index (κ3) is 5.13. The topological polar surface area (TPSA) is 41.5 Å². The minimum atomic E-state index is -0.0469. The van der Waals surface area contributed by atoms with Crippen LogP contribution in [0.1, 0.15) is 32.8 Å². The quantitative estimate of drug-likeness (QED) is 0.672. The molecular formula is C13H17BrN2O. The van der Waals surface area contributed by atoms with Crippen molar-refractivity contribution < 1.29 is 4.79 Å². The average Bonchev–Trinajstić information content (AvgIpc) is 2.25. The molecule has 1 aromatic rings. The molecule has 1 rings (SSSR count). The summed E-state index contributed by atoms with van der Waals surface area (Å²) in [5.41, 5.74) is 4.35. The Labute approximate surface area is 110 Å². The lowest BCUT2D eigenvalue weighted by Crippen LogP contribution is -2.20. The fraction of sp³-hybridized carbons (Fsp3) is 0.385. The lowest BCUT2D eigenvalue weighted by Gasteiger charge is -2.05. The number of benzene rings is 1. The van der Waals surface area contributed by atoms with E-state index in [1.54, 1.807) is 0 Å². The summed E-state index contributed by atoms with van der Waals surface area (Å²) in [6.07, 6.45) is 0.495. The highest BCUT2D eigenvalue weighted by atomic mass is 79.9. The van der Waals surface area contributed by atoms with Gasteiger partial charge in [-0.15, -0.1) is 0 Å². The molecule has 0 aromatic heterocycles. The smallest absolute Gasteiger partial charge is 0.240 e. The molecule has 1 N–H and O–H groups in total. The maximum atomic E-state index is 11.4. The molecule has 0 bridgehead atoms. The number of amides is 1. The summed E-state index contributed by atoms with van der Waals surface area (Å²) in [5.74, 6) is 0.297. The molecule has 0 aliphatic carbocycles. The minimum Gasteiger partial charge on any atom is -0.273 e. The number of nitrogens with one attached hydrogen (secondary N) is 1. The van der Waals surface area contributed by atoms with Gasteiger partial charge >= 0.3 is 0 Å². The number of carbonyl (C=O) groups excluding carboxylic acids is 1. The van der Waals surface area contributed by atoms with E-state index in [0.29, 0.717) is 12.3 Å². The standard InChI is InChI=1S/C13H17BrN2O/c1-9(2)7-13(17)16-15-10(3)11-5-4-6-12(14)8-11/h4-6,8-9H,7H2,1-3H3,(H,16,17)/b15-10+. The molecule has 0 heterocycles. The molecule has 3 nitrogen and oxygen atoms in total. The van der Waals surface area contributed by atoms with E-state index >= 15 is 0 Å². The third-order valence-electron chi connectivity index (χ3n) is 2.18. The number of halogens is 1. The van der Waals surface area contributed by atoms with Crippen LogP contribution in [0.3, 0.4) is 0 Å². The summed E-state index contributed by atoms with van der Waals surface area (Å²) >= 11 is 3.40. The fourth-order valence-electron chi connectivity index (χ4n) is 1.34. The Balaban J connectivity index is 2.64. The molecule has 0 saturated heterocycles. The van der Waals surface area contributed by atoms with E-state index in [1.807, 2.05) is 45.0 Å². The average molecular weight is 297 g/mol. The Morgan fingerprint density at radius 3 is 2.76 bits per heavy atom. The van der Waals surface area contributed by atoms with Crippen LogP contribution in [0.5, 0.6) is 0 Å². The van der Waals surface area contributed by atoms with Gasteiger partial charge in [-0.2, -0.15) is 5.10 Å². The molecule has 0 spiro atoms. The van der Waals surface area contributed by atoms with E-state index in [4.69, 9.17) is 0 Å². The first-order valence-corrected chi connectivity index (χ1v) is 6.37. The highest BCUT2D eigenvalue weighted by Crippen LogP contribution is 2.12. The SMILES string of the molecule is C/C(=N\NC(=O)CC(C)C)c1cccc(Br)c1. The van der Waals surface area contributed by atoms with Crippen LogP contribution in [0, 0.1) is 5.92 Å². The maximum absolute atomic E-state index is 11.4. The van der Waals surface area contributed by atoms with Crippen LogP contribution < -0.4 is 5.43 Å². The van der Waals surface area contributed by atoms with Gasteiger partial charge in [0.05, 0.1) is 5.71 Å². The summed E-state index contributed by atoms with van der Waals surface area (Å²) < 4.78 is 0.998. The molecule has 17 heavy (non-hydrogen) atoms. The summed E-state index contributed by atoms with van der Waals surface area (Å²) in [6.45, 7) is 5.88. The van der Waals surface area contributed by atoms with Gasteiger partial charge in [0.1, 0.15) is 0 Å². The summed E-state index contributed by atoms with van der Waals surface area (Å²) in [6, 6.07) is 7.81. The molecule has 4 heteroatoms. The van der Waals surface area contributed by atoms with E-state index in [2.05, 4.69) is 26.5 Å². The van der Waals surface area contributed by atoms with Crippen molar-refractivity contribution >= 4 is 27.5 Å². The van der Waals surface area contributed by atoms with Crippen molar-refractivity contribution in [3.63, 3.8) is 0 Å². The van der Waals surface area contributed by atoms with Crippen LogP contribution in [-0.2, 0) is 4.79 Å². The van der Waals surface area contributed by atoms with Crippen LogP contribution in [0.15, 0.2) is 33.8 Å². The number of hydrogen-bond donors (Lipinski definition) is 1. The molecule has 0 saturated carbocycles. The molecule has 1 aromatic carbocycles. The van der Waals surface area contributed by atoms with Crippen LogP contribution in [0.25, 0.3) is 0 Å². The van der Waals surface area contributed by atoms with Crippen LogP contribution in [0.2, 0.25) is 0 Å². The molecule has 0 unspecified atom stereocenters. The van der Waals surface area contributed by atoms with Crippen LogP contribution in [0.4, 0.5) is 0 Å². The Kier molecular flexibility index (Phi) is 5.35. The number of nitrogens with zero attached hydrogens (tertiary/aromatic N) is 1. The molecule has 0 radical (unpaired) electrons. The van der Waals surface area contributed by atoms with E-state index in [-0.39, 0.29) is 5.91 Å². The Morgan fingerprint density at radius 2 is 2.18 bits per heavy atom. The predicted octanol–water partition coefficient (Wildman–Crippen LogP) is 3.34. The zero-order valence-corrected chi connectivity index (χ0v) is 11.9. The van der Waals surface area contributed by atoms with Gasteiger partial charge in [-0.05, 0) is 30.5 Å². The van der Waals surface area contributed by atoms with Crippen LogP contribution in [-0.4, -0.2) is 11.6 Å². The summed E-state index contributed by atoms with van der Waals surface area (Å²) in [5, 5.41) is 4.08. The number of hydrogen-bond acceptors (Lipinski definition) is 2. The van der Waals surface area contributed by atoms with Gasteiger partial charge in [0.25, 0.3) is 0 Å². The van der Waals surface area contributed by atoms with Gasteiger partial charge in [-0.25, -0.2) is 5.43 Å². The first kappa shape index (κ1) is 13.9. The van der Waals surface area contributed by atoms with Gasteiger partial charge in [0.15, 0.2) is 0 Å². The Bertz CT molecular complexity index is 427. The number of carbonyl (C=O) groups is 1. The van der Waals surface area contributed by atoms with Crippen LogP contribution >= 0.6 is 15.9 Å². The lowest BCUT2D eigenvalue weighted by molar-refractivity contribution is -0.121. The van der Waals surface area contributed by atoms with Crippen molar-refractivity contribution in [2.75, 3.05) is 0 Å². The zero-order valence-electron chi connectivity index (χ0n) is 10.3. The number of hydrazone groups is 1. The Morgan fingerprint density at radius 1 is 1.47 bits per heavy atom. The molecule has 1 amide bonds. The number of rotatable bonds is 4. The van der Waals surface area contributed by atoms with Gasteiger partial charge in [-0.3, -0.25) is 4.79 Å². The molecule has 92 valence electrons. The second-order valence-corrected chi connectivity index (χ2v) is 5.26. The van der Waals surface area contributed by atoms with Gasteiger partial charge in [-0.1, -0.05) is 41.9 Å². The molecule has 0 aliphatic rings. The van der Waals surface area contributed by atoms with Crippen molar-refractivity contribution in [3.05, 3.63) is 34.3 Å². The van der Waals surface area contributed by atoms with E-state index < -0.39 is 0 Å². The van der Waals surface area contributed by atoms with E-state index in [9.17, 15) is 4.79 Å². The fourth-order valence-corrected chi connectivity index (χ4v) is 1.74. The maximum Gasteiger partial charge on any atom is 0.240 e. The molecule has 0 aliphatic heterocycles. The molecule has 0 fully saturated rings. The van der Waals surface area contributed by atoms with Crippen molar-refractivity contribution in [3.8, 4) is 0 Å². The second-order valence-electron chi connectivity index (χ2n) is 4.34. The third-order valence-corrected chi connectivity index (χ3v) is 2.68. The molecular weight excluding hydrogens is 280 g/mol. The van der Waals surface area contributed by atoms with E-state index in [1.165, 1.54) is 0 Å². The van der Waals surface area contributed by atoms with Crippen molar-refractivity contribution in [1.29, 1.82) is 0 Å².